The number of hydrogen-bond acceptors (Lipinski definition) is 2. The van der Waals surface area contributed by atoms with Gasteiger partial charge in [-0.25, -0.2) is 4.39 Å². The summed E-state index contributed by atoms with van der Waals surface area (Å²) >= 11 is 3.18. The number of carbonyl (C=O) groups is 1. The molecule has 6 heteroatoms. The molecule has 0 atom stereocenters. The number of likely N-dealkylation sites (N-methyl/N-ethyl adjacent to an activating group) is 1. The van der Waals surface area contributed by atoms with E-state index in [-0.39, 0.29) is 24.4 Å². The van der Waals surface area contributed by atoms with Gasteiger partial charge in [0.2, 0.25) is 0 Å². The van der Waals surface area contributed by atoms with Crippen LogP contribution < -0.4 is 5.32 Å². The average Bonchev–Trinajstić information content (AvgIpc) is 2.12. The summed E-state index contributed by atoms with van der Waals surface area (Å²) in [6.45, 7) is 1.61. The fourth-order valence-electron chi connectivity index (χ4n) is 1.59. The quantitative estimate of drug-likeness (QED) is 0.903. The van der Waals surface area contributed by atoms with E-state index >= 15 is 0 Å². The third-order valence-electron chi connectivity index (χ3n) is 2.74. The zero-order valence-corrected chi connectivity index (χ0v) is 11.6. The highest BCUT2D eigenvalue weighted by Crippen LogP contribution is 2.17. The molecule has 94 valence electrons. The summed E-state index contributed by atoms with van der Waals surface area (Å²) in [5.74, 6) is -0.551. The van der Waals surface area contributed by atoms with Crippen LogP contribution in [0.4, 0.5) is 4.39 Å². The van der Waals surface area contributed by atoms with Crippen LogP contribution in [0, 0.1) is 5.82 Å². The smallest absolute Gasteiger partial charge is 0.254 e. The first kappa shape index (κ1) is 14.4. The van der Waals surface area contributed by atoms with Crippen LogP contribution in [0.15, 0.2) is 22.7 Å². The Morgan fingerprint density at radius 1 is 1.47 bits per heavy atom. The van der Waals surface area contributed by atoms with E-state index in [1.807, 2.05) is 0 Å². The first-order chi connectivity index (χ1) is 7.58. The Morgan fingerprint density at radius 3 is 2.59 bits per heavy atom. The van der Waals surface area contributed by atoms with E-state index in [0.717, 1.165) is 13.1 Å². The van der Waals surface area contributed by atoms with Crippen molar-refractivity contribution >= 4 is 34.2 Å². The summed E-state index contributed by atoms with van der Waals surface area (Å²) < 4.78 is 13.7. The molecular formula is C11H13BrClFN2O. The summed E-state index contributed by atoms with van der Waals surface area (Å²) in [4.78, 5) is 13.6. The van der Waals surface area contributed by atoms with Gasteiger partial charge < -0.3 is 10.2 Å². The maximum atomic E-state index is 13.1. The molecular weight excluding hydrogens is 310 g/mol. The lowest BCUT2D eigenvalue weighted by molar-refractivity contribution is 0.0680. The minimum absolute atomic E-state index is 0. The number of amides is 1. The van der Waals surface area contributed by atoms with E-state index in [1.165, 1.54) is 12.1 Å². The van der Waals surface area contributed by atoms with Gasteiger partial charge in [-0.15, -0.1) is 12.4 Å². The molecule has 1 amide bonds. The van der Waals surface area contributed by atoms with E-state index in [2.05, 4.69) is 21.2 Å². The lowest BCUT2D eigenvalue weighted by atomic mass is 10.1. The van der Waals surface area contributed by atoms with E-state index in [4.69, 9.17) is 0 Å². The second kappa shape index (κ2) is 5.80. The lowest BCUT2D eigenvalue weighted by Crippen LogP contribution is -2.57. The first-order valence-corrected chi connectivity index (χ1v) is 5.81. The molecule has 0 aliphatic carbocycles. The Kier molecular flexibility index (Phi) is 4.91. The average molecular weight is 324 g/mol. The molecule has 0 aromatic heterocycles. The maximum absolute atomic E-state index is 13.1. The topological polar surface area (TPSA) is 32.3 Å². The van der Waals surface area contributed by atoms with Gasteiger partial charge >= 0.3 is 0 Å². The van der Waals surface area contributed by atoms with Gasteiger partial charge in [-0.05, 0) is 18.2 Å². The van der Waals surface area contributed by atoms with Crippen LogP contribution in [0.5, 0.6) is 0 Å². The molecule has 0 saturated carbocycles. The molecule has 1 aromatic rings. The number of hydrogen-bond donors (Lipinski definition) is 1. The molecule has 1 aromatic carbocycles. The van der Waals surface area contributed by atoms with Crippen molar-refractivity contribution in [2.75, 3.05) is 20.1 Å². The van der Waals surface area contributed by atoms with E-state index < -0.39 is 5.82 Å². The summed E-state index contributed by atoms with van der Waals surface area (Å²) in [7, 11) is 1.74. The molecule has 1 heterocycles. The Balaban J connectivity index is 0.00000144. The van der Waals surface area contributed by atoms with Gasteiger partial charge in [0.05, 0.1) is 6.04 Å². The Labute approximate surface area is 114 Å². The largest absolute Gasteiger partial charge is 0.336 e. The minimum atomic E-state index is -0.405. The maximum Gasteiger partial charge on any atom is 0.254 e. The fraction of sp³-hybridized carbons (Fsp3) is 0.364. The number of halogens is 3. The van der Waals surface area contributed by atoms with Gasteiger partial charge in [-0.3, -0.25) is 4.79 Å². The van der Waals surface area contributed by atoms with Crippen molar-refractivity contribution in [3.05, 3.63) is 34.1 Å². The van der Waals surface area contributed by atoms with Crippen LogP contribution >= 0.6 is 28.3 Å². The second-order valence-electron chi connectivity index (χ2n) is 3.89. The van der Waals surface area contributed by atoms with Gasteiger partial charge in [0.25, 0.3) is 5.91 Å². The van der Waals surface area contributed by atoms with Crippen molar-refractivity contribution in [3.8, 4) is 0 Å². The monoisotopic (exact) mass is 322 g/mol. The van der Waals surface area contributed by atoms with Gasteiger partial charge in [-0.1, -0.05) is 15.9 Å². The molecule has 1 N–H and O–H groups in total. The lowest BCUT2D eigenvalue weighted by Gasteiger charge is -2.35. The zero-order valence-electron chi connectivity index (χ0n) is 9.24. The van der Waals surface area contributed by atoms with Crippen molar-refractivity contribution in [3.63, 3.8) is 0 Å². The zero-order chi connectivity index (χ0) is 11.7. The van der Waals surface area contributed by atoms with Crippen molar-refractivity contribution in [1.29, 1.82) is 0 Å². The first-order valence-electron chi connectivity index (χ1n) is 5.02. The van der Waals surface area contributed by atoms with Crippen LogP contribution in [0.1, 0.15) is 10.4 Å². The van der Waals surface area contributed by atoms with Crippen LogP contribution in [0.25, 0.3) is 0 Å². The highest BCUT2D eigenvalue weighted by atomic mass is 79.9. The molecule has 0 bridgehead atoms. The van der Waals surface area contributed by atoms with Crippen molar-refractivity contribution < 1.29 is 9.18 Å². The van der Waals surface area contributed by atoms with E-state index in [1.54, 1.807) is 18.0 Å². The molecule has 3 nitrogen and oxygen atoms in total. The number of benzene rings is 1. The molecule has 1 saturated heterocycles. The molecule has 1 aliphatic heterocycles. The molecule has 1 fully saturated rings. The SMILES string of the molecule is CN(C(=O)c1cc(F)cc(Br)c1)C1CNC1.Cl. The molecule has 1 aliphatic rings. The van der Waals surface area contributed by atoms with Crippen molar-refractivity contribution in [1.82, 2.24) is 10.2 Å². The Hall–Kier alpha value is -0.650. The van der Waals surface area contributed by atoms with Crippen molar-refractivity contribution in [2.45, 2.75) is 6.04 Å². The van der Waals surface area contributed by atoms with Crippen LogP contribution in [-0.2, 0) is 0 Å². The van der Waals surface area contributed by atoms with Crippen LogP contribution in [0.3, 0.4) is 0 Å². The van der Waals surface area contributed by atoms with Gasteiger partial charge in [0.1, 0.15) is 5.82 Å². The number of rotatable bonds is 2. The fourth-order valence-corrected chi connectivity index (χ4v) is 2.06. The van der Waals surface area contributed by atoms with Gasteiger partial charge in [-0.2, -0.15) is 0 Å². The predicted molar refractivity (Wildman–Crippen MR) is 70.1 cm³/mol. The summed E-state index contributed by atoms with van der Waals surface area (Å²) in [5.41, 5.74) is 0.376. The van der Waals surface area contributed by atoms with Crippen LogP contribution in [-0.4, -0.2) is 37.0 Å². The van der Waals surface area contributed by atoms with Gasteiger partial charge in [0.15, 0.2) is 0 Å². The third kappa shape index (κ3) is 3.18. The number of carbonyl (C=O) groups excluding carboxylic acids is 1. The predicted octanol–water partition coefficient (Wildman–Crippen LogP) is 2.05. The molecule has 17 heavy (non-hydrogen) atoms. The summed E-state index contributed by atoms with van der Waals surface area (Å²) in [6.07, 6.45) is 0. The Bertz CT molecular complexity index is 406. The Morgan fingerprint density at radius 2 is 2.12 bits per heavy atom. The summed E-state index contributed by atoms with van der Waals surface area (Å²) in [5, 5.41) is 3.09. The van der Waals surface area contributed by atoms with Crippen molar-refractivity contribution in [2.24, 2.45) is 0 Å². The highest BCUT2D eigenvalue weighted by Gasteiger charge is 2.26. The van der Waals surface area contributed by atoms with Crippen LogP contribution in [0.2, 0.25) is 0 Å². The highest BCUT2D eigenvalue weighted by molar-refractivity contribution is 9.10. The van der Waals surface area contributed by atoms with E-state index in [9.17, 15) is 9.18 Å². The molecule has 0 radical (unpaired) electrons. The third-order valence-corrected chi connectivity index (χ3v) is 3.20. The molecule has 2 rings (SSSR count). The molecule has 0 unspecified atom stereocenters. The van der Waals surface area contributed by atoms with Gasteiger partial charge in [0, 0.05) is 30.2 Å². The minimum Gasteiger partial charge on any atom is -0.336 e. The number of nitrogens with zero attached hydrogens (tertiary/aromatic N) is 1. The molecule has 0 spiro atoms. The standard InChI is InChI=1S/C11H12BrFN2O.ClH/c1-15(10-5-14-6-10)11(16)7-2-8(12)4-9(13)3-7;/h2-4,10,14H,5-6H2,1H3;1H. The van der Waals surface area contributed by atoms with E-state index in [0.29, 0.717) is 10.0 Å². The number of nitrogens with one attached hydrogen (secondary N) is 1. The summed E-state index contributed by atoms with van der Waals surface area (Å²) in [6, 6.07) is 4.44. The normalized spacial score (nSPS) is 14.8. The second-order valence-corrected chi connectivity index (χ2v) is 4.80.